The minimum absolute atomic E-state index is 0. The Morgan fingerprint density at radius 3 is 2.04 bits per heavy atom. The fourth-order valence-electron chi connectivity index (χ4n) is 4.22. The summed E-state index contributed by atoms with van der Waals surface area (Å²) in [7, 11) is 4.25. The van der Waals surface area contributed by atoms with Crippen molar-refractivity contribution in [2.75, 3.05) is 14.1 Å². The molecule has 2 nitrogen and oxygen atoms in total. The van der Waals surface area contributed by atoms with Crippen LogP contribution in [0.5, 0.6) is 0 Å². The van der Waals surface area contributed by atoms with E-state index in [1.54, 1.807) is 0 Å². The van der Waals surface area contributed by atoms with E-state index in [1.165, 1.54) is 17.7 Å². The quantitative estimate of drug-likeness (QED) is 0.746. The van der Waals surface area contributed by atoms with Gasteiger partial charge in [0.15, 0.2) is 0 Å². The van der Waals surface area contributed by atoms with Crippen LogP contribution in [-0.4, -0.2) is 35.2 Å². The Morgan fingerprint density at radius 1 is 0.889 bits per heavy atom. The molecule has 27 heavy (non-hydrogen) atoms. The molecule has 0 aromatic heterocycles. The summed E-state index contributed by atoms with van der Waals surface area (Å²) in [6.45, 7) is 0. The van der Waals surface area contributed by atoms with Crippen molar-refractivity contribution in [1.82, 2.24) is 4.90 Å². The van der Waals surface area contributed by atoms with Gasteiger partial charge in [-0.25, -0.2) is 4.39 Å². The lowest BCUT2D eigenvalue weighted by molar-refractivity contribution is -0.0490. The molecule has 2 aromatic carbocycles. The van der Waals surface area contributed by atoms with Crippen molar-refractivity contribution in [2.24, 2.45) is 0 Å². The molecule has 1 saturated carbocycles. The average Bonchev–Trinajstić information content (AvgIpc) is 2.65. The minimum atomic E-state index is -0.571. The van der Waals surface area contributed by atoms with Crippen LogP contribution in [-0.2, 0) is 12.8 Å². The minimum Gasteiger partial charge on any atom is -0.390 e. The van der Waals surface area contributed by atoms with E-state index in [-0.39, 0.29) is 23.8 Å². The van der Waals surface area contributed by atoms with Crippen LogP contribution in [0.1, 0.15) is 43.2 Å². The predicted molar refractivity (Wildman–Crippen MR) is 112 cm³/mol. The molecule has 2 aromatic rings. The molecule has 148 valence electrons. The zero-order valence-electron chi connectivity index (χ0n) is 16.3. The molecule has 1 aliphatic rings. The summed E-state index contributed by atoms with van der Waals surface area (Å²) in [4.78, 5) is 2.30. The van der Waals surface area contributed by atoms with Crippen LogP contribution >= 0.6 is 12.4 Å². The van der Waals surface area contributed by atoms with E-state index in [1.807, 2.05) is 18.2 Å². The van der Waals surface area contributed by atoms with E-state index in [0.29, 0.717) is 0 Å². The summed E-state index contributed by atoms with van der Waals surface area (Å²) in [5.41, 5.74) is 1.92. The van der Waals surface area contributed by atoms with Crippen molar-refractivity contribution in [3.8, 4) is 0 Å². The van der Waals surface area contributed by atoms with Crippen molar-refractivity contribution in [2.45, 2.75) is 56.1 Å². The third-order valence-corrected chi connectivity index (χ3v) is 6.23. The number of rotatable bonds is 6. The summed E-state index contributed by atoms with van der Waals surface area (Å²) < 4.78 is 13.2. The Kier molecular flexibility index (Phi) is 7.44. The van der Waals surface area contributed by atoms with E-state index in [4.69, 9.17) is 0 Å². The first kappa shape index (κ1) is 21.9. The van der Waals surface area contributed by atoms with Crippen LogP contribution in [0.15, 0.2) is 54.6 Å². The third kappa shape index (κ3) is 5.54. The molecular weight excluding hydrogens is 361 g/mol. The van der Waals surface area contributed by atoms with E-state index in [0.717, 1.165) is 50.5 Å². The number of halogens is 2. The van der Waals surface area contributed by atoms with Crippen LogP contribution in [0.2, 0.25) is 0 Å². The predicted octanol–water partition coefficient (Wildman–Crippen LogP) is 5.03. The molecular formula is C23H31ClFNO. The second-order valence-corrected chi connectivity index (χ2v) is 8.13. The van der Waals surface area contributed by atoms with Gasteiger partial charge in [-0.3, -0.25) is 0 Å². The van der Waals surface area contributed by atoms with Gasteiger partial charge in [0.05, 0.1) is 5.60 Å². The molecule has 0 aliphatic heterocycles. The standard InChI is InChI=1S/C23H30FNO.ClH/c1-25(2)22(18-20-8-10-21(24)11-9-20)14-16-23(26,17-15-22)13-12-19-6-4-3-5-7-19;/h3-11,26H,12-18H2,1-2H3;1H. The molecule has 1 aliphatic carbocycles. The van der Waals surface area contributed by atoms with Gasteiger partial charge in [-0.2, -0.15) is 0 Å². The molecule has 1 N–H and O–H groups in total. The summed E-state index contributed by atoms with van der Waals surface area (Å²) in [6.07, 6.45) is 6.19. The molecule has 4 heteroatoms. The first-order chi connectivity index (χ1) is 12.4. The molecule has 0 unspecified atom stereocenters. The lowest BCUT2D eigenvalue weighted by atomic mass is 9.69. The molecule has 0 amide bonds. The van der Waals surface area contributed by atoms with Gasteiger partial charge >= 0.3 is 0 Å². The maximum atomic E-state index is 13.2. The van der Waals surface area contributed by atoms with Gasteiger partial charge in [0.2, 0.25) is 0 Å². The average molecular weight is 392 g/mol. The van der Waals surface area contributed by atoms with Crippen molar-refractivity contribution >= 4 is 12.4 Å². The third-order valence-electron chi connectivity index (χ3n) is 6.23. The number of hydrogen-bond donors (Lipinski definition) is 1. The van der Waals surface area contributed by atoms with Crippen molar-refractivity contribution < 1.29 is 9.50 Å². The van der Waals surface area contributed by atoms with Crippen molar-refractivity contribution in [3.63, 3.8) is 0 Å². The highest BCUT2D eigenvalue weighted by Crippen LogP contribution is 2.41. The fraction of sp³-hybridized carbons (Fsp3) is 0.478. The van der Waals surface area contributed by atoms with Gasteiger partial charge < -0.3 is 10.0 Å². The first-order valence-corrected chi connectivity index (χ1v) is 9.59. The number of likely N-dealkylation sites (N-methyl/N-ethyl adjacent to an activating group) is 1. The Morgan fingerprint density at radius 2 is 1.48 bits per heavy atom. The zero-order chi connectivity index (χ0) is 18.6. The highest BCUT2D eigenvalue weighted by Gasteiger charge is 2.42. The van der Waals surface area contributed by atoms with Crippen molar-refractivity contribution in [3.05, 3.63) is 71.5 Å². The lowest BCUT2D eigenvalue weighted by Gasteiger charge is -2.48. The molecule has 3 rings (SSSR count). The van der Waals surface area contributed by atoms with Gasteiger partial charge in [0.1, 0.15) is 5.82 Å². The summed E-state index contributed by atoms with van der Waals surface area (Å²) in [5, 5.41) is 11.1. The van der Waals surface area contributed by atoms with Crippen LogP contribution in [0.3, 0.4) is 0 Å². The van der Waals surface area contributed by atoms with Crippen LogP contribution in [0, 0.1) is 5.82 Å². The summed E-state index contributed by atoms with van der Waals surface area (Å²) in [5.74, 6) is -0.188. The Hall–Kier alpha value is -1.42. The van der Waals surface area contributed by atoms with Gasteiger partial charge in [-0.05, 0) is 82.3 Å². The maximum Gasteiger partial charge on any atom is 0.123 e. The first-order valence-electron chi connectivity index (χ1n) is 9.59. The van der Waals surface area contributed by atoms with Crippen molar-refractivity contribution in [1.29, 1.82) is 0 Å². The Bertz CT molecular complexity index is 694. The van der Waals surface area contributed by atoms with E-state index < -0.39 is 5.60 Å². The van der Waals surface area contributed by atoms with Gasteiger partial charge in [-0.1, -0.05) is 42.5 Å². The topological polar surface area (TPSA) is 23.5 Å². The van der Waals surface area contributed by atoms with E-state index >= 15 is 0 Å². The second kappa shape index (κ2) is 9.18. The number of nitrogens with zero attached hydrogens (tertiary/aromatic N) is 1. The lowest BCUT2D eigenvalue weighted by Crippen LogP contribution is -2.52. The van der Waals surface area contributed by atoms with Crippen LogP contribution in [0.25, 0.3) is 0 Å². The normalized spacial score (nSPS) is 25.2. The van der Waals surface area contributed by atoms with E-state index in [2.05, 4.69) is 43.3 Å². The zero-order valence-corrected chi connectivity index (χ0v) is 17.1. The largest absolute Gasteiger partial charge is 0.390 e. The Labute approximate surface area is 168 Å². The highest BCUT2D eigenvalue weighted by atomic mass is 35.5. The molecule has 0 spiro atoms. The molecule has 0 bridgehead atoms. The van der Waals surface area contributed by atoms with E-state index in [9.17, 15) is 9.50 Å². The number of aryl methyl sites for hydroxylation is 1. The smallest absolute Gasteiger partial charge is 0.123 e. The molecule has 0 heterocycles. The SMILES string of the molecule is CN(C)C1(Cc2ccc(F)cc2)CCC(O)(CCc2ccccc2)CC1.Cl. The fourth-order valence-corrected chi connectivity index (χ4v) is 4.22. The Balaban J connectivity index is 0.00000261. The number of benzene rings is 2. The maximum absolute atomic E-state index is 13.2. The number of aliphatic hydroxyl groups is 1. The summed E-state index contributed by atoms with van der Waals surface area (Å²) >= 11 is 0. The van der Waals surface area contributed by atoms with Gasteiger partial charge in [-0.15, -0.1) is 12.4 Å². The molecule has 0 saturated heterocycles. The monoisotopic (exact) mass is 391 g/mol. The molecule has 1 fully saturated rings. The second-order valence-electron chi connectivity index (χ2n) is 8.13. The summed E-state index contributed by atoms with van der Waals surface area (Å²) in [6, 6.07) is 17.2. The van der Waals surface area contributed by atoms with Crippen LogP contribution < -0.4 is 0 Å². The highest BCUT2D eigenvalue weighted by molar-refractivity contribution is 5.85. The van der Waals surface area contributed by atoms with Crippen LogP contribution in [0.4, 0.5) is 4.39 Å². The number of hydrogen-bond acceptors (Lipinski definition) is 2. The molecule has 0 atom stereocenters. The molecule has 0 radical (unpaired) electrons. The van der Waals surface area contributed by atoms with Gasteiger partial charge in [0.25, 0.3) is 0 Å². The van der Waals surface area contributed by atoms with Gasteiger partial charge in [0, 0.05) is 5.54 Å².